The predicted octanol–water partition coefficient (Wildman–Crippen LogP) is 1.55. The van der Waals surface area contributed by atoms with Gasteiger partial charge in [0.1, 0.15) is 11.3 Å². The topological polar surface area (TPSA) is 78.9 Å². The van der Waals surface area contributed by atoms with E-state index in [1.54, 1.807) is 19.0 Å². The first-order valence-corrected chi connectivity index (χ1v) is 5.78. The third kappa shape index (κ3) is 4.11. The van der Waals surface area contributed by atoms with Crippen molar-refractivity contribution in [2.45, 2.75) is 0 Å². The normalized spacial score (nSPS) is 10.4. The van der Waals surface area contributed by atoms with Crippen LogP contribution in [0.3, 0.4) is 0 Å². The van der Waals surface area contributed by atoms with Crippen molar-refractivity contribution in [2.24, 2.45) is 0 Å². The van der Waals surface area contributed by atoms with Crippen LogP contribution >= 0.6 is 11.6 Å². The molecule has 0 radical (unpaired) electrons. The molecule has 0 heterocycles. The van der Waals surface area contributed by atoms with Crippen molar-refractivity contribution in [1.29, 1.82) is 0 Å². The molecule has 1 rings (SSSR count). The molecule has 0 atom stereocenters. The van der Waals surface area contributed by atoms with Gasteiger partial charge in [-0.3, -0.25) is 4.79 Å². The van der Waals surface area contributed by atoms with E-state index in [0.717, 1.165) is 0 Å². The number of hydrogen-bond acceptors (Lipinski definition) is 4. The van der Waals surface area contributed by atoms with Gasteiger partial charge in [-0.2, -0.15) is 0 Å². The Bertz CT molecular complexity index is 503. The van der Waals surface area contributed by atoms with Crippen molar-refractivity contribution in [2.75, 3.05) is 33.1 Å². The molecule has 1 aromatic rings. The van der Waals surface area contributed by atoms with Gasteiger partial charge in [0.05, 0.1) is 24.4 Å². The Morgan fingerprint density at radius 3 is 2.53 bits per heavy atom. The molecule has 1 aromatic carbocycles. The van der Waals surface area contributed by atoms with Gasteiger partial charge in [0.25, 0.3) is 0 Å². The number of carboxylic acid groups (broad SMARTS) is 1. The lowest BCUT2D eigenvalue weighted by Crippen LogP contribution is -2.27. The summed E-state index contributed by atoms with van der Waals surface area (Å²) in [6, 6.07) is 2.63. The Morgan fingerprint density at radius 1 is 1.42 bits per heavy atom. The average molecular weight is 287 g/mol. The lowest BCUT2D eigenvalue weighted by atomic mass is 10.1. The minimum Gasteiger partial charge on any atom is -0.496 e. The molecule has 0 saturated heterocycles. The number of amides is 1. The Hall–Kier alpha value is -1.79. The highest BCUT2D eigenvalue weighted by Gasteiger charge is 2.16. The number of carbonyl (C=O) groups is 2. The summed E-state index contributed by atoms with van der Waals surface area (Å²) in [4.78, 5) is 24.3. The number of nitrogens with one attached hydrogen (secondary N) is 1. The first-order chi connectivity index (χ1) is 8.85. The molecule has 7 heteroatoms. The number of methoxy groups -OCH3 is 1. The smallest absolute Gasteiger partial charge is 0.339 e. The zero-order chi connectivity index (χ0) is 14.6. The maximum atomic E-state index is 11.6. The van der Waals surface area contributed by atoms with Crippen molar-refractivity contribution < 1.29 is 19.4 Å². The maximum absolute atomic E-state index is 11.6. The van der Waals surface area contributed by atoms with Crippen molar-refractivity contribution in [1.82, 2.24) is 4.90 Å². The number of benzene rings is 1. The molecular weight excluding hydrogens is 272 g/mol. The minimum absolute atomic E-state index is 0.0573. The molecule has 104 valence electrons. The van der Waals surface area contributed by atoms with Crippen molar-refractivity contribution in [3.8, 4) is 5.75 Å². The third-order valence-electron chi connectivity index (χ3n) is 2.25. The van der Waals surface area contributed by atoms with Crippen LogP contribution in [0.25, 0.3) is 0 Å². The van der Waals surface area contributed by atoms with Gasteiger partial charge in [0.15, 0.2) is 0 Å². The fraction of sp³-hybridized carbons (Fsp3) is 0.333. The second-order valence-electron chi connectivity index (χ2n) is 4.12. The van der Waals surface area contributed by atoms with Crippen LogP contribution in [0, 0.1) is 0 Å². The van der Waals surface area contributed by atoms with E-state index in [9.17, 15) is 9.59 Å². The number of aromatic carboxylic acids is 1. The van der Waals surface area contributed by atoms with Crippen LogP contribution in [0.1, 0.15) is 10.4 Å². The molecule has 0 unspecified atom stereocenters. The van der Waals surface area contributed by atoms with E-state index >= 15 is 0 Å². The van der Waals surface area contributed by atoms with Crippen LogP contribution in [-0.4, -0.2) is 49.6 Å². The summed E-state index contributed by atoms with van der Waals surface area (Å²) in [5.74, 6) is -1.26. The molecule has 2 N–H and O–H groups in total. The van der Waals surface area contributed by atoms with E-state index in [1.165, 1.54) is 19.2 Å². The van der Waals surface area contributed by atoms with Gasteiger partial charge in [0, 0.05) is 6.07 Å². The first kappa shape index (κ1) is 15.3. The van der Waals surface area contributed by atoms with Crippen molar-refractivity contribution in [3.05, 3.63) is 22.7 Å². The molecule has 0 aliphatic rings. The summed E-state index contributed by atoms with van der Waals surface area (Å²) in [6.45, 7) is 0.194. The van der Waals surface area contributed by atoms with Gasteiger partial charge in [-0.1, -0.05) is 11.6 Å². The summed E-state index contributed by atoms with van der Waals surface area (Å²) < 4.78 is 4.96. The number of rotatable bonds is 5. The molecule has 0 aliphatic heterocycles. The zero-order valence-corrected chi connectivity index (χ0v) is 11.6. The standard InChI is InChI=1S/C12H15ClN2O4/c1-15(2)6-11(16)14-9-5-10(19-3)7(12(17)18)4-8(9)13/h4-5H,6H2,1-3H3,(H,14,16)(H,17,18). The third-order valence-corrected chi connectivity index (χ3v) is 2.57. The quantitative estimate of drug-likeness (QED) is 0.858. The minimum atomic E-state index is -1.15. The molecule has 0 fully saturated rings. The fourth-order valence-electron chi connectivity index (χ4n) is 1.46. The first-order valence-electron chi connectivity index (χ1n) is 5.40. The number of anilines is 1. The summed E-state index contributed by atoms with van der Waals surface area (Å²) in [5.41, 5.74) is 0.258. The Kier molecular flexibility index (Phi) is 5.14. The number of nitrogens with zero attached hydrogens (tertiary/aromatic N) is 1. The van der Waals surface area contributed by atoms with Crippen LogP contribution in [0.2, 0.25) is 5.02 Å². The van der Waals surface area contributed by atoms with E-state index < -0.39 is 5.97 Å². The number of likely N-dealkylation sites (N-methyl/N-ethyl adjacent to an activating group) is 1. The highest BCUT2D eigenvalue weighted by atomic mass is 35.5. The van der Waals surface area contributed by atoms with Gasteiger partial charge in [-0.15, -0.1) is 0 Å². The van der Waals surface area contributed by atoms with Crippen LogP contribution < -0.4 is 10.1 Å². The lowest BCUT2D eigenvalue weighted by molar-refractivity contribution is -0.116. The van der Waals surface area contributed by atoms with E-state index in [2.05, 4.69) is 5.32 Å². The van der Waals surface area contributed by atoms with Crippen molar-refractivity contribution in [3.63, 3.8) is 0 Å². The van der Waals surface area contributed by atoms with Gasteiger partial charge in [-0.05, 0) is 20.2 Å². The van der Waals surface area contributed by atoms with Crippen LogP contribution in [0.4, 0.5) is 5.69 Å². The SMILES string of the molecule is COc1cc(NC(=O)CN(C)C)c(Cl)cc1C(=O)O. The van der Waals surface area contributed by atoms with Gasteiger partial charge in [0.2, 0.25) is 5.91 Å². The molecule has 0 aromatic heterocycles. The summed E-state index contributed by atoms with van der Waals surface area (Å²) >= 11 is 5.94. The summed E-state index contributed by atoms with van der Waals surface area (Å²) in [7, 11) is 4.87. The van der Waals surface area contributed by atoms with E-state index in [4.69, 9.17) is 21.4 Å². The zero-order valence-electron chi connectivity index (χ0n) is 10.9. The molecule has 0 saturated carbocycles. The number of halogens is 1. The van der Waals surface area contributed by atoms with Crippen LogP contribution in [0.5, 0.6) is 5.75 Å². The van der Waals surface area contributed by atoms with Gasteiger partial charge in [-0.25, -0.2) is 4.79 Å². The highest BCUT2D eigenvalue weighted by molar-refractivity contribution is 6.34. The van der Waals surface area contributed by atoms with Gasteiger partial charge < -0.3 is 20.1 Å². The molecular formula is C12H15ClN2O4. The van der Waals surface area contributed by atoms with Crippen LogP contribution in [-0.2, 0) is 4.79 Å². The molecule has 19 heavy (non-hydrogen) atoms. The number of ether oxygens (including phenoxy) is 1. The molecule has 1 amide bonds. The predicted molar refractivity (Wildman–Crippen MR) is 72.1 cm³/mol. The Labute approximate surface area is 115 Å². The summed E-state index contributed by atoms with van der Waals surface area (Å²) in [5, 5.41) is 11.7. The average Bonchev–Trinajstić information content (AvgIpc) is 2.29. The Balaban J connectivity index is 3.03. The largest absolute Gasteiger partial charge is 0.496 e. The van der Waals surface area contributed by atoms with E-state index in [1.807, 2.05) is 0 Å². The van der Waals surface area contributed by atoms with E-state index in [-0.39, 0.29) is 28.8 Å². The lowest BCUT2D eigenvalue weighted by Gasteiger charge is -2.13. The summed E-state index contributed by atoms with van der Waals surface area (Å²) in [6.07, 6.45) is 0. The van der Waals surface area contributed by atoms with Gasteiger partial charge >= 0.3 is 5.97 Å². The molecule has 0 bridgehead atoms. The van der Waals surface area contributed by atoms with E-state index in [0.29, 0.717) is 5.69 Å². The fourth-order valence-corrected chi connectivity index (χ4v) is 1.67. The number of carbonyl (C=O) groups excluding carboxylic acids is 1. The molecule has 0 spiro atoms. The van der Waals surface area contributed by atoms with Crippen LogP contribution in [0.15, 0.2) is 12.1 Å². The maximum Gasteiger partial charge on any atom is 0.339 e. The molecule has 6 nitrogen and oxygen atoms in total. The number of carboxylic acids is 1. The van der Waals surface area contributed by atoms with Crippen molar-refractivity contribution >= 4 is 29.2 Å². The highest BCUT2D eigenvalue weighted by Crippen LogP contribution is 2.30. The second-order valence-corrected chi connectivity index (χ2v) is 4.53. The molecule has 0 aliphatic carbocycles. The second kappa shape index (κ2) is 6.40. The monoisotopic (exact) mass is 286 g/mol. The Morgan fingerprint density at radius 2 is 2.05 bits per heavy atom. The number of hydrogen-bond donors (Lipinski definition) is 2.